The molecule has 3 saturated carbocycles. The number of rotatable bonds is 2. The van der Waals surface area contributed by atoms with Crippen LogP contribution in [0.3, 0.4) is 0 Å². The molecule has 0 aromatic rings. The molecular weight excluding hydrogens is 368 g/mol. The second-order valence-electron chi connectivity index (χ2n) is 11.6. The van der Waals surface area contributed by atoms with Crippen molar-refractivity contribution in [1.29, 1.82) is 0 Å². The van der Waals surface area contributed by atoms with Crippen molar-refractivity contribution < 1.29 is 9.47 Å². The highest BCUT2D eigenvalue weighted by atomic mass is 16.5. The summed E-state index contributed by atoms with van der Waals surface area (Å²) in [5, 5.41) is 0. The molecule has 1 heterocycles. The van der Waals surface area contributed by atoms with Gasteiger partial charge in [-0.2, -0.15) is 0 Å². The molecule has 8 unspecified atom stereocenters. The minimum Gasteiger partial charge on any atom is -0.375 e. The Balaban J connectivity index is 1.38. The van der Waals surface area contributed by atoms with Crippen LogP contribution in [0.5, 0.6) is 0 Å². The summed E-state index contributed by atoms with van der Waals surface area (Å²) in [6.07, 6.45) is 26.8. The number of hydrogen-bond donors (Lipinski definition) is 0. The minimum atomic E-state index is 0.509. The minimum absolute atomic E-state index is 0.509. The summed E-state index contributed by atoms with van der Waals surface area (Å²) >= 11 is 0. The van der Waals surface area contributed by atoms with Gasteiger partial charge in [-0.1, -0.05) is 78.1 Å². The van der Waals surface area contributed by atoms with Crippen molar-refractivity contribution in [2.45, 2.75) is 154 Å². The standard InChI is InChI=1S/C28H50O2/c1-21-12-10-14-23(29-26-18-9-5-6-13-22(26)2)15-11-17-25-24-16-7-3-4-8-19-27(24)30-28(25)20-21/h21-28H,3-20H2,1-2H3. The van der Waals surface area contributed by atoms with E-state index in [0.29, 0.717) is 24.4 Å². The average Bonchev–Trinajstić information content (AvgIpc) is 2.86. The molecular formula is C28H50O2. The fourth-order valence-electron chi connectivity index (χ4n) is 7.35. The number of ether oxygens (including phenoxy) is 2. The Morgan fingerprint density at radius 2 is 1.20 bits per heavy atom. The fraction of sp³-hybridized carbons (Fsp3) is 1.00. The van der Waals surface area contributed by atoms with E-state index in [0.717, 1.165) is 23.7 Å². The lowest BCUT2D eigenvalue weighted by Crippen LogP contribution is -2.28. The third-order valence-corrected chi connectivity index (χ3v) is 9.20. The van der Waals surface area contributed by atoms with E-state index in [9.17, 15) is 0 Å². The van der Waals surface area contributed by atoms with Gasteiger partial charge in [-0.3, -0.25) is 0 Å². The number of hydrogen-bond acceptors (Lipinski definition) is 2. The highest BCUT2D eigenvalue weighted by Gasteiger charge is 2.43. The average molecular weight is 419 g/mol. The zero-order valence-corrected chi connectivity index (χ0v) is 20.2. The maximum absolute atomic E-state index is 6.86. The van der Waals surface area contributed by atoms with E-state index in [2.05, 4.69) is 13.8 Å². The van der Waals surface area contributed by atoms with Crippen LogP contribution < -0.4 is 0 Å². The molecule has 2 heteroatoms. The summed E-state index contributed by atoms with van der Waals surface area (Å²) in [6.45, 7) is 4.93. The first-order valence-corrected chi connectivity index (χ1v) is 14.0. The topological polar surface area (TPSA) is 18.5 Å². The molecule has 0 radical (unpaired) electrons. The molecule has 2 nitrogen and oxygen atoms in total. The third kappa shape index (κ3) is 6.25. The van der Waals surface area contributed by atoms with E-state index in [1.165, 1.54) is 116 Å². The molecule has 0 N–H and O–H groups in total. The van der Waals surface area contributed by atoms with Gasteiger partial charge in [-0.25, -0.2) is 0 Å². The maximum Gasteiger partial charge on any atom is 0.0613 e. The molecule has 1 saturated heterocycles. The van der Waals surface area contributed by atoms with Crippen LogP contribution in [0.1, 0.15) is 129 Å². The highest BCUT2D eigenvalue weighted by molar-refractivity contribution is 4.92. The van der Waals surface area contributed by atoms with Gasteiger partial charge >= 0.3 is 0 Å². The summed E-state index contributed by atoms with van der Waals surface area (Å²) < 4.78 is 13.6. The Labute approximate surface area is 187 Å². The van der Waals surface area contributed by atoms with E-state index in [1.54, 1.807) is 0 Å². The lowest BCUT2D eigenvalue weighted by atomic mass is 9.76. The zero-order valence-electron chi connectivity index (χ0n) is 20.2. The molecule has 4 fully saturated rings. The van der Waals surface area contributed by atoms with Crippen molar-refractivity contribution >= 4 is 0 Å². The molecule has 30 heavy (non-hydrogen) atoms. The predicted molar refractivity (Wildman–Crippen MR) is 126 cm³/mol. The molecule has 0 spiro atoms. The highest BCUT2D eigenvalue weighted by Crippen LogP contribution is 2.45. The lowest BCUT2D eigenvalue weighted by molar-refractivity contribution is -0.0512. The zero-order chi connectivity index (χ0) is 20.8. The molecule has 4 aliphatic rings. The van der Waals surface area contributed by atoms with Crippen LogP contribution in [0, 0.1) is 23.7 Å². The first kappa shape index (κ1) is 23.1. The van der Waals surface area contributed by atoms with Crippen LogP contribution in [-0.2, 0) is 9.47 Å². The Hall–Kier alpha value is -0.0800. The fourth-order valence-corrected chi connectivity index (χ4v) is 7.35. The van der Waals surface area contributed by atoms with Crippen molar-refractivity contribution in [3.05, 3.63) is 0 Å². The first-order valence-electron chi connectivity index (χ1n) is 14.0. The van der Waals surface area contributed by atoms with Crippen molar-refractivity contribution in [3.63, 3.8) is 0 Å². The summed E-state index contributed by atoms with van der Waals surface area (Å²) in [4.78, 5) is 0. The molecule has 1 aliphatic heterocycles. The van der Waals surface area contributed by atoms with E-state index >= 15 is 0 Å². The van der Waals surface area contributed by atoms with Gasteiger partial charge in [0.1, 0.15) is 0 Å². The van der Waals surface area contributed by atoms with E-state index in [4.69, 9.17) is 9.47 Å². The Morgan fingerprint density at radius 3 is 2.07 bits per heavy atom. The molecule has 0 amide bonds. The Kier molecular flexibility index (Phi) is 9.00. The third-order valence-electron chi connectivity index (χ3n) is 9.20. The molecule has 174 valence electrons. The Morgan fingerprint density at radius 1 is 0.567 bits per heavy atom. The van der Waals surface area contributed by atoms with Gasteiger partial charge in [0, 0.05) is 0 Å². The van der Waals surface area contributed by atoms with Crippen LogP contribution in [-0.4, -0.2) is 24.4 Å². The van der Waals surface area contributed by atoms with Gasteiger partial charge in [0.2, 0.25) is 0 Å². The van der Waals surface area contributed by atoms with Gasteiger partial charge in [-0.05, 0) is 75.0 Å². The van der Waals surface area contributed by atoms with E-state index < -0.39 is 0 Å². The second-order valence-corrected chi connectivity index (χ2v) is 11.6. The summed E-state index contributed by atoms with van der Waals surface area (Å²) in [6, 6.07) is 0. The molecule has 4 rings (SSSR count). The molecule has 0 bridgehead atoms. The maximum atomic E-state index is 6.86. The van der Waals surface area contributed by atoms with Gasteiger partial charge in [-0.15, -0.1) is 0 Å². The summed E-state index contributed by atoms with van der Waals surface area (Å²) in [5.41, 5.74) is 0. The molecule has 3 aliphatic carbocycles. The second kappa shape index (κ2) is 11.7. The number of fused-ring (bicyclic) bond motifs is 3. The monoisotopic (exact) mass is 418 g/mol. The van der Waals surface area contributed by atoms with Gasteiger partial charge < -0.3 is 9.47 Å². The van der Waals surface area contributed by atoms with Crippen molar-refractivity contribution in [3.8, 4) is 0 Å². The van der Waals surface area contributed by atoms with E-state index in [1.807, 2.05) is 0 Å². The van der Waals surface area contributed by atoms with Crippen LogP contribution in [0.15, 0.2) is 0 Å². The normalized spacial score (nSPS) is 44.6. The predicted octanol–water partition coefficient (Wildman–Crippen LogP) is 8.07. The SMILES string of the molecule is CC1CCCC(OC2CCCCCC2C)CCCC2C(C1)OC1CCCCCCC12. The van der Waals surface area contributed by atoms with Crippen LogP contribution in [0.2, 0.25) is 0 Å². The van der Waals surface area contributed by atoms with Gasteiger partial charge in [0.15, 0.2) is 0 Å². The molecule has 0 aromatic heterocycles. The Bertz CT molecular complexity index is 491. The van der Waals surface area contributed by atoms with Crippen LogP contribution in [0.25, 0.3) is 0 Å². The smallest absolute Gasteiger partial charge is 0.0613 e. The molecule has 8 atom stereocenters. The first-order chi connectivity index (χ1) is 14.7. The largest absolute Gasteiger partial charge is 0.375 e. The summed E-state index contributed by atoms with van der Waals surface area (Å²) in [5.74, 6) is 3.24. The molecule has 0 aromatic carbocycles. The quantitative estimate of drug-likeness (QED) is 0.422. The summed E-state index contributed by atoms with van der Waals surface area (Å²) in [7, 11) is 0. The van der Waals surface area contributed by atoms with Crippen molar-refractivity contribution in [2.24, 2.45) is 23.7 Å². The lowest BCUT2D eigenvalue weighted by Gasteiger charge is -2.29. The van der Waals surface area contributed by atoms with Crippen LogP contribution >= 0.6 is 0 Å². The van der Waals surface area contributed by atoms with Crippen LogP contribution in [0.4, 0.5) is 0 Å². The van der Waals surface area contributed by atoms with Gasteiger partial charge in [0.25, 0.3) is 0 Å². The van der Waals surface area contributed by atoms with E-state index in [-0.39, 0.29) is 0 Å². The van der Waals surface area contributed by atoms with Gasteiger partial charge in [0.05, 0.1) is 24.4 Å². The van der Waals surface area contributed by atoms with Crippen molar-refractivity contribution in [1.82, 2.24) is 0 Å². The van der Waals surface area contributed by atoms with Crippen molar-refractivity contribution in [2.75, 3.05) is 0 Å².